The lowest BCUT2D eigenvalue weighted by molar-refractivity contribution is 0.640. The Hall–Kier alpha value is -1.52. The van der Waals surface area contributed by atoms with Crippen LogP contribution >= 0.6 is 27.5 Å². The Kier molecular flexibility index (Phi) is 3.44. The van der Waals surface area contributed by atoms with Crippen LogP contribution in [-0.2, 0) is 0 Å². The third-order valence-electron chi connectivity index (χ3n) is 3.09. The first-order chi connectivity index (χ1) is 9.58. The molecule has 1 aromatic heterocycles. The molecule has 0 aliphatic rings. The van der Waals surface area contributed by atoms with Gasteiger partial charge in [0, 0.05) is 10.9 Å². The Morgan fingerprint density at radius 3 is 2.45 bits per heavy atom. The van der Waals surface area contributed by atoms with Gasteiger partial charge in [-0.3, -0.25) is 0 Å². The van der Waals surface area contributed by atoms with Gasteiger partial charge >= 0.3 is 0 Å². The van der Waals surface area contributed by atoms with Gasteiger partial charge < -0.3 is 0 Å². The van der Waals surface area contributed by atoms with Crippen molar-refractivity contribution in [1.29, 1.82) is 0 Å². The number of hydrogen-bond acceptors (Lipinski definition) is 2. The molecule has 5 heteroatoms. The lowest BCUT2D eigenvalue weighted by Gasteiger charge is -2.08. The van der Waals surface area contributed by atoms with Crippen LogP contribution in [0.25, 0.3) is 22.2 Å². The molecule has 100 valence electrons. The molecular formula is C15H9BrClFN2. The van der Waals surface area contributed by atoms with Crippen molar-refractivity contribution in [2.75, 3.05) is 0 Å². The number of nitrogens with zero attached hydrogens (tertiary/aromatic N) is 2. The minimum Gasteiger partial charge on any atom is -0.232 e. The van der Waals surface area contributed by atoms with E-state index in [0.717, 1.165) is 16.6 Å². The van der Waals surface area contributed by atoms with E-state index in [1.165, 1.54) is 6.07 Å². The third kappa shape index (κ3) is 2.19. The first-order valence-electron chi connectivity index (χ1n) is 5.95. The molecule has 2 aromatic carbocycles. The topological polar surface area (TPSA) is 25.8 Å². The molecule has 0 bridgehead atoms. The highest BCUT2D eigenvalue weighted by Crippen LogP contribution is 2.31. The first-order valence-corrected chi connectivity index (χ1v) is 7.12. The fourth-order valence-corrected chi connectivity index (χ4v) is 2.50. The van der Waals surface area contributed by atoms with Gasteiger partial charge in [0.2, 0.25) is 0 Å². The van der Waals surface area contributed by atoms with Gasteiger partial charge in [0.25, 0.3) is 0 Å². The molecular weight excluding hydrogens is 343 g/mol. The normalized spacial score (nSPS) is 11.0. The van der Waals surface area contributed by atoms with Crippen LogP contribution in [0.2, 0.25) is 5.15 Å². The molecule has 0 aliphatic heterocycles. The number of fused-ring (bicyclic) bond motifs is 1. The molecule has 0 aliphatic carbocycles. The summed E-state index contributed by atoms with van der Waals surface area (Å²) >= 11 is 9.41. The number of halogens is 3. The van der Waals surface area contributed by atoms with Crippen molar-refractivity contribution < 1.29 is 4.39 Å². The molecule has 0 saturated heterocycles. The summed E-state index contributed by atoms with van der Waals surface area (Å²) in [6.07, 6.45) is 0. The van der Waals surface area contributed by atoms with Crippen molar-refractivity contribution in [3.63, 3.8) is 0 Å². The number of benzene rings is 2. The van der Waals surface area contributed by atoms with Crippen LogP contribution in [0.4, 0.5) is 4.39 Å². The van der Waals surface area contributed by atoms with E-state index in [1.807, 2.05) is 19.1 Å². The van der Waals surface area contributed by atoms with Gasteiger partial charge in [0.1, 0.15) is 11.0 Å². The Balaban J connectivity index is 2.33. The summed E-state index contributed by atoms with van der Waals surface area (Å²) in [5.41, 5.74) is 1.51. The molecule has 20 heavy (non-hydrogen) atoms. The molecule has 0 saturated carbocycles. The Labute approximate surface area is 128 Å². The smallest absolute Gasteiger partial charge is 0.161 e. The van der Waals surface area contributed by atoms with E-state index in [0.29, 0.717) is 20.8 Å². The monoisotopic (exact) mass is 350 g/mol. The molecule has 1 heterocycles. The molecule has 0 unspecified atom stereocenters. The van der Waals surface area contributed by atoms with Crippen LogP contribution in [0.5, 0.6) is 0 Å². The maximum atomic E-state index is 13.8. The lowest BCUT2D eigenvalue weighted by Crippen LogP contribution is -1.95. The SMILES string of the molecule is Cc1nc(-c2ccc(F)c3ccccc23)nc(Cl)c1Br. The number of hydrogen-bond donors (Lipinski definition) is 0. The van der Waals surface area contributed by atoms with E-state index in [9.17, 15) is 4.39 Å². The average molecular weight is 352 g/mol. The van der Waals surface area contributed by atoms with Crippen molar-refractivity contribution in [2.24, 2.45) is 0 Å². The van der Waals surface area contributed by atoms with Gasteiger partial charge in [0.15, 0.2) is 5.82 Å². The zero-order valence-corrected chi connectivity index (χ0v) is 12.8. The second-order valence-corrected chi connectivity index (χ2v) is 5.53. The Bertz CT molecular complexity index is 797. The zero-order valence-electron chi connectivity index (χ0n) is 10.5. The minimum atomic E-state index is -0.260. The molecule has 0 N–H and O–H groups in total. The maximum absolute atomic E-state index is 13.8. The van der Waals surface area contributed by atoms with Crippen molar-refractivity contribution in [1.82, 2.24) is 9.97 Å². The van der Waals surface area contributed by atoms with E-state index in [4.69, 9.17) is 11.6 Å². The second-order valence-electron chi connectivity index (χ2n) is 4.38. The van der Waals surface area contributed by atoms with E-state index in [1.54, 1.807) is 18.2 Å². The van der Waals surface area contributed by atoms with E-state index >= 15 is 0 Å². The molecule has 0 spiro atoms. The van der Waals surface area contributed by atoms with Crippen LogP contribution in [-0.4, -0.2) is 9.97 Å². The molecule has 0 atom stereocenters. The number of aromatic nitrogens is 2. The fraction of sp³-hybridized carbons (Fsp3) is 0.0667. The van der Waals surface area contributed by atoms with Crippen molar-refractivity contribution in [3.05, 3.63) is 57.5 Å². The minimum absolute atomic E-state index is 0.260. The third-order valence-corrected chi connectivity index (χ3v) is 4.54. The van der Waals surface area contributed by atoms with Gasteiger partial charge in [-0.25, -0.2) is 14.4 Å². The van der Waals surface area contributed by atoms with Crippen LogP contribution < -0.4 is 0 Å². The molecule has 3 aromatic rings. The molecule has 3 rings (SSSR count). The summed E-state index contributed by atoms with van der Waals surface area (Å²) in [4.78, 5) is 8.69. The van der Waals surface area contributed by atoms with E-state index in [-0.39, 0.29) is 5.82 Å². The van der Waals surface area contributed by atoms with Gasteiger partial charge in [-0.15, -0.1) is 0 Å². The van der Waals surface area contributed by atoms with Gasteiger partial charge in [-0.2, -0.15) is 0 Å². The van der Waals surface area contributed by atoms with Gasteiger partial charge in [0.05, 0.1) is 10.2 Å². The molecule has 0 radical (unpaired) electrons. The molecule has 2 nitrogen and oxygen atoms in total. The largest absolute Gasteiger partial charge is 0.232 e. The van der Waals surface area contributed by atoms with E-state index < -0.39 is 0 Å². The van der Waals surface area contributed by atoms with E-state index in [2.05, 4.69) is 25.9 Å². The van der Waals surface area contributed by atoms with Gasteiger partial charge in [-0.05, 0) is 40.4 Å². The van der Waals surface area contributed by atoms with Gasteiger partial charge in [-0.1, -0.05) is 35.9 Å². The summed E-state index contributed by atoms with van der Waals surface area (Å²) < 4.78 is 14.5. The standard InChI is InChI=1S/C15H9BrClFN2/c1-8-13(16)14(17)20-15(19-8)11-6-7-12(18)10-5-3-2-4-9(10)11/h2-7H,1H3. The van der Waals surface area contributed by atoms with Crippen molar-refractivity contribution in [3.8, 4) is 11.4 Å². The summed E-state index contributed by atoms with van der Waals surface area (Å²) in [6.45, 7) is 1.84. The van der Waals surface area contributed by atoms with Crippen molar-refractivity contribution >= 4 is 38.3 Å². The summed E-state index contributed by atoms with van der Waals surface area (Å²) in [5.74, 6) is 0.233. The predicted molar refractivity (Wildman–Crippen MR) is 82.4 cm³/mol. The predicted octanol–water partition coefficient (Wildman–Crippen LogP) is 5.16. The van der Waals surface area contributed by atoms with Crippen LogP contribution in [0, 0.1) is 12.7 Å². The van der Waals surface area contributed by atoms with Crippen LogP contribution in [0.1, 0.15) is 5.69 Å². The summed E-state index contributed by atoms with van der Waals surface area (Å²) in [7, 11) is 0. The van der Waals surface area contributed by atoms with Crippen LogP contribution in [0.15, 0.2) is 40.9 Å². The quantitative estimate of drug-likeness (QED) is 0.566. The molecule has 0 fully saturated rings. The average Bonchev–Trinajstić information content (AvgIpc) is 2.45. The van der Waals surface area contributed by atoms with Crippen molar-refractivity contribution in [2.45, 2.75) is 6.92 Å². The highest BCUT2D eigenvalue weighted by atomic mass is 79.9. The lowest BCUT2D eigenvalue weighted by atomic mass is 10.0. The fourth-order valence-electron chi connectivity index (χ4n) is 2.10. The summed E-state index contributed by atoms with van der Waals surface area (Å²) in [5, 5.41) is 1.66. The summed E-state index contributed by atoms with van der Waals surface area (Å²) in [6, 6.07) is 10.3. The highest BCUT2D eigenvalue weighted by molar-refractivity contribution is 9.10. The van der Waals surface area contributed by atoms with Crippen LogP contribution in [0.3, 0.4) is 0 Å². The second kappa shape index (κ2) is 5.11. The first kappa shape index (κ1) is 13.5. The highest BCUT2D eigenvalue weighted by Gasteiger charge is 2.13. The zero-order chi connectivity index (χ0) is 14.3. The Morgan fingerprint density at radius 1 is 1.05 bits per heavy atom. The Morgan fingerprint density at radius 2 is 1.75 bits per heavy atom. The molecule has 0 amide bonds. The number of rotatable bonds is 1. The maximum Gasteiger partial charge on any atom is 0.161 e. The number of aryl methyl sites for hydroxylation is 1.